The molecule has 168 valence electrons. The van der Waals surface area contributed by atoms with Crippen LogP contribution in [0, 0.1) is 5.92 Å². The van der Waals surface area contributed by atoms with Crippen LogP contribution in [0.2, 0.25) is 0 Å². The maximum Gasteiger partial charge on any atom is 0.341 e. The summed E-state index contributed by atoms with van der Waals surface area (Å²) in [5.74, 6) is 0.807. The molecule has 1 amide bonds. The van der Waals surface area contributed by atoms with Crippen LogP contribution in [0.4, 0.5) is 5.00 Å². The first-order chi connectivity index (χ1) is 14.9. The van der Waals surface area contributed by atoms with E-state index in [4.69, 9.17) is 18.9 Å². The predicted molar refractivity (Wildman–Crippen MR) is 123 cm³/mol. The number of halogens is 1. The zero-order valence-electron chi connectivity index (χ0n) is 18.2. The third kappa shape index (κ3) is 4.52. The molecule has 1 N–H and O–H groups in total. The van der Waals surface area contributed by atoms with Crippen LogP contribution in [0.3, 0.4) is 0 Å². The van der Waals surface area contributed by atoms with E-state index in [9.17, 15) is 9.59 Å². The Hall–Kier alpha value is -2.26. The van der Waals surface area contributed by atoms with Gasteiger partial charge in [0.2, 0.25) is 5.75 Å². The fourth-order valence-electron chi connectivity index (χ4n) is 3.71. The zero-order valence-corrected chi connectivity index (χ0v) is 20.6. The summed E-state index contributed by atoms with van der Waals surface area (Å²) in [6, 6.07) is 1.57. The fourth-order valence-corrected chi connectivity index (χ4v) is 5.75. The van der Waals surface area contributed by atoms with Crippen LogP contribution in [-0.4, -0.2) is 39.8 Å². The van der Waals surface area contributed by atoms with Gasteiger partial charge in [0.25, 0.3) is 5.91 Å². The summed E-state index contributed by atoms with van der Waals surface area (Å²) < 4.78 is 21.9. The molecule has 1 aliphatic rings. The van der Waals surface area contributed by atoms with Crippen molar-refractivity contribution in [3.05, 3.63) is 32.1 Å². The number of methoxy groups -OCH3 is 3. The number of nitrogens with one attached hydrogen (secondary N) is 1. The largest absolute Gasteiger partial charge is 0.493 e. The van der Waals surface area contributed by atoms with Crippen molar-refractivity contribution in [2.24, 2.45) is 5.92 Å². The Morgan fingerprint density at radius 2 is 1.90 bits per heavy atom. The van der Waals surface area contributed by atoms with E-state index < -0.39 is 11.9 Å². The Balaban J connectivity index is 2.03. The number of hydrogen-bond acceptors (Lipinski definition) is 7. The molecule has 9 heteroatoms. The van der Waals surface area contributed by atoms with E-state index >= 15 is 0 Å². The minimum atomic E-state index is -0.409. The number of fused-ring (bicyclic) bond motifs is 1. The van der Waals surface area contributed by atoms with Gasteiger partial charge in [-0.1, -0.05) is 6.92 Å². The SMILES string of the molecule is CCOC(=O)c1c(NC(=O)c2cc(OC)c(OC)c(OC)c2Br)sc2c1CC[C@@H](C)C2. The van der Waals surface area contributed by atoms with E-state index in [0.717, 1.165) is 29.7 Å². The molecule has 1 heterocycles. The predicted octanol–water partition coefficient (Wildman–Crippen LogP) is 5.09. The number of hydrogen-bond donors (Lipinski definition) is 1. The van der Waals surface area contributed by atoms with Crippen molar-refractivity contribution in [2.75, 3.05) is 33.3 Å². The molecule has 1 atom stereocenters. The summed E-state index contributed by atoms with van der Waals surface area (Å²) >= 11 is 4.88. The lowest BCUT2D eigenvalue weighted by Crippen LogP contribution is -2.17. The molecule has 0 saturated carbocycles. The molecule has 31 heavy (non-hydrogen) atoms. The maximum absolute atomic E-state index is 13.2. The summed E-state index contributed by atoms with van der Waals surface area (Å²) in [4.78, 5) is 27.1. The third-order valence-electron chi connectivity index (χ3n) is 5.23. The van der Waals surface area contributed by atoms with Gasteiger partial charge in [0.05, 0.1) is 43.5 Å². The number of amides is 1. The van der Waals surface area contributed by atoms with Crippen molar-refractivity contribution in [1.29, 1.82) is 0 Å². The van der Waals surface area contributed by atoms with Crippen molar-refractivity contribution in [3.8, 4) is 17.2 Å². The molecule has 0 fully saturated rings. The first-order valence-electron chi connectivity index (χ1n) is 9.97. The minimum absolute atomic E-state index is 0.270. The van der Waals surface area contributed by atoms with Gasteiger partial charge in [-0.15, -0.1) is 11.3 Å². The first-order valence-corrected chi connectivity index (χ1v) is 11.6. The number of ether oxygens (including phenoxy) is 4. The van der Waals surface area contributed by atoms with Gasteiger partial charge in [-0.2, -0.15) is 0 Å². The van der Waals surface area contributed by atoms with E-state index in [2.05, 4.69) is 28.2 Å². The first kappa shape index (κ1) is 23.4. The quantitative estimate of drug-likeness (QED) is 0.521. The average Bonchev–Trinajstić information content (AvgIpc) is 3.09. The van der Waals surface area contributed by atoms with Gasteiger partial charge in [0.1, 0.15) is 5.00 Å². The molecule has 3 rings (SSSR count). The Morgan fingerprint density at radius 1 is 1.19 bits per heavy atom. The standard InChI is InChI=1S/C22H26BrNO6S/c1-6-30-22(26)16-12-8-7-11(2)9-15(12)31-21(16)24-20(25)13-10-14(27-3)18(28-4)19(29-5)17(13)23/h10-11H,6-9H2,1-5H3,(H,24,25)/t11-/m1/s1. The van der Waals surface area contributed by atoms with Crippen LogP contribution in [-0.2, 0) is 17.6 Å². The average molecular weight is 512 g/mol. The lowest BCUT2D eigenvalue weighted by molar-refractivity contribution is 0.0526. The van der Waals surface area contributed by atoms with Crippen molar-refractivity contribution >= 4 is 44.1 Å². The molecule has 1 aromatic carbocycles. The molecule has 1 aliphatic carbocycles. The molecule has 0 saturated heterocycles. The van der Waals surface area contributed by atoms with E-state index in [1.807, 2.05) is 0 Å². The van der Waals surface area contributed by atoms with Crippen molar-refractivity contribution in [3.63, 3.8) is 0 Å². The lowest BCUT2D eigenvalue weighted by atomic mass is 9.88. The van der Waals surface area contributed by atoms with Crippen LogP contribution in [0.25, 0.3) is 0 Å². The molecule has 0 spiro atoms. The van der Waals surface area contributed by atoms with Crippen LogP contribution in [0.15, 0.2) is 10.5 Å². The number of anilines is 1. The van der Waals surface area contributed by atoms with E-state index in [1.54, 1.807) is 13.0 Å². The fraction of sp³-hybridized carbons (Fsp3) is 0.455. The minimum Gasteiger partial charge on any atom is -0.493 e. The van der Waals surface area contributed by atoms with Crippen molar-refractivity contribution in [1.82, 2.24) is 0 Å². The topological polar surface area (TPSA) is 83.1 Å². The summed E-state index contributed by atoms with van der Waals surface area (Å²) in [7, 11) is 4.46. The second-order valence-corrected chi connectivity index (χ2v) is 9.14. The normalized spacial score (nSPS) is 15.1. The monoisotopic (exact) mass is 511 g/mol. The molecule has 0 aliphatic heterocycles. The van der Waals surface area contributed by atoms with Crippen LogP contribution in [0.5, 0.6) is 17.2 Å². The second kappa shape index (κ2) is 9.91. The Kier molecular flexibility index (Phi) is 7.48. The highest BCUT2D eigenvalue weighted by Gasteiger charge is 2.30. The van der Waals surface area contributed by atoms with Gasteiger partial charge in [-0.05, 0) is 59.7 Å². The van der Waals surface area contributed by atoms with Gasteiger partial charge in [0.15, 0.2) is 11.5 Å². The summed E-state index contributed by atoms with van der Waals surface area (Å²) in [6.45, 7) is 4.23. The number of thiophene rings is 1. The van der Waals surface area contributed by atoms with Crippen LogP contribution < -0.4 is 19.5 Å². The Labute approximate surface area is 194 Å². The van der Waals surface area contributed by atoms with Crippen LogP contribution in [0.1, 0.15) is 51.4 Å². The smallest absolute Gasteiger partial charge is 0.341 e. The Morgan fingerprint density at radius 3 is 2.52 bits per heavy atom. The summed E-state index contributed by atoms with van der Waals surface area (Å²) in [5.41, 5.74) is 1.75. The van der Waals surface area contributed by atoms with Gasteiger partial charge in [-0.25, -0.2) is 4.79 Å². The third-order valence-corrected chi connectivity index (χ3v) is 7.19. The lowest BCUT2D eigenvalue weighted by Gasteiger charge is -2.18. The number of benzene rings is 1. The highest BCUT2D eigenvalue weighted by atomic mass is 79.9. The molecule has 1 aromatic heterocycles. The van der Waals surface area contributed by atoms with Gasteiger partial charge < -0.3 is 24.3 Å². The molecule has 2 aromatic rings. The van der Waals surface area contributed by atoms with Crippen molar-refractivity contribution in [2.45, 2.75) is 33.1 Å². The summed E-state index contributed by atoms with van der Waals surface area (Å²) in [6.07, 6.45) is 2.68. The molecular formula is C22H26BrNO6S. The van der Waals surface area contributed by atoms with E-state index in [1.165, 1.54) is 32.7 Å². The maximum atomic E-state index is 13.2. The highest BCUT2D eigenvalue weighted by molar-refractivity contribution is 9.10. The van der Waals surface area contributed by atoms with Gasteiger partial charge >= 0.3 is 5.97 Å². The van der Waals surface area contributed by atoms with Gasteiger partial charge in [0, 0.05) is 4.88 Å². The van der Waals surface area contributed by atoms with Crippen molar-refractivity contribution < 1.29 is 28.5 Å². The molecule has 0 unspecified atom stereocenters. The molecule has 0 radical (unpaired) electrons. The number of rotatable bonds is 7. The van der Waals surface area contributed by atoms with E-state index in [-0.39, 0.29) is 6.61 Å². The Bertz CT molecular complexity index is 1000. The number of carbonyl (C=O) groups excluding carboxylic acids is 2. The van der Waals surface area contributed by atoms with E-state index in [0.29, 0.717) is 43.8 Å². The van der Waals surface area contributed by atoms with Gasteiger partial charge in [-0.3, -0.25) is 4.79 Å². The van der Waals surface area contributed by atoms with Crippen LogP contribution >= 0.6 is 27.3 Å². The molecule has 0 bridgehead atoms. The molecule has 7 nitrogen and oxygen atoms in total. The zero-order chi connectivity index (χ0) is 22.7. The highest BCUT2D eigenvalue weighted by Crippen LogP contribution is 2.45. The molecular weight excluding hydrogens is 486 g/mol. The summed E-state index contributed by atoms with van der Waals surface area (Å²) in [5, 5.41) is 3.42. The number of carbonyl (C=O) groups is 2. The number of esters is 1. The second-order valence-electron chi connectivity index (χ2n) is 7.24.